The lowest BCUT2D eigenvalue weighted by molar-refractivity contribution is -0.146. The molecule has 0 aromatic rings. The summed E-state index contributed by atoms with van der Waals surface area (Å²) in [7, 11) is 0. The van der Waals surface area contributed by atoms with E-state index >= 15 is 0 Å². The number of carbonyl (C=O) groups is 6. The van der Waals surface area contributed by atoms with Crippen molar-refractivity contribution in [2.24, 2.45) is 23.5 Å². The van der Waals surface area contributed by atoms with E-state index in [2.05, 4.69) is 28.2 Å². The molecule has 15 nitrogen and oxygen atoms in total. The van der Waals surface area contributed by atoms with Gasteiger partial charge in [-0.25, -0.2) is 0 Å². The molecule has 1 aliphatic carbocycles. The van der Waals surface area contributed by atoms with Gasteiger partial charge in [0, 0.05) is 19.5 Å². The Morgan fingerprint density at radius 3 is 1.98 bits per heavy atom. The molecule has 8 N–H and O–H groups in total. The number of carbonyl (C=O) groups excluding carboxylic acids is 6. The highest BCUT2D eigenvalue weighted by atomic mass is 16.3. The molecule has 55 heavy (non-hydrogen) atoms. The molecule has 3 rings (SSSR count). The van der Waals surface area contributed by atoms with Crippen molar-refractivity contribution in [3.05, 3.63) is 6.92 Å². The fourth-order valence-electron chi connectivity index (χ4n) is 8.32. The number of aliphatic hydroxyl groups is 2. The number of nitrogens with one attached hydrogen (secondary N) is 4. The third-order valence-electron chi connectivity index (χ3n) is 11.4. The molecule has 6 amide bonds. The van der Waals surface area contributed by atoms with Gasteiger partial charge in [-0.05, 0) is 95.9 Å². The van der Waals surface area contributed by atoms with Crippen LogP contribution >= 0.6 is 0 Å². The van der Waals surface area contributed by atoms with Crippen LogP contribution in [0.4, 0.5) is 0 Å². The highest BCUT2D eigenvalue weighted by molar-refractivity contribution is 5.97. The molecule has 0 aromatic carbocycles. The van der Waals surface area contributed by atoms with Gasteiger partial charge >= 0.3 is 0 Å². The molecule has 8 atom stereocenters. The first-order valence-electron chi connectivity index (χ1n) is 20.7. The van der Waals surface area contributed by atoms with E-state index in [-0.39, 0.29) is 43.2 Å². The quantitative estimate of drug-likeness (QED) is 0.0881. The topological polar surface area (TPSA) is 223 Å². The summed E-state index contributed by atoms with van der Waals surface area (Å²) < 4.78 is 0. The van der Waals surface area contributed by atoms with Crippen LogP contribution in [0.5, 0.6) is 0 Å². The molecule has 3 fully saturated rings. The first-order valence-corrected chi connectivity index (χ1v) is 20.7. The van der Waals surface area contributed by atoms with Gasteiger partial charge in [-0.2, -0.15) is 0 Å². The molecule has 2 radical (unpaired) electrons. The number of nitrogens with zero attached hydrogens (tertiary/aromatic N) is 2. The van der Waals surface area contributed by atoms with Crippen LogP contribution in [-0.2, 0) is 28.8 Å². The zero-order chi connectivity index (χ0) is 40.7. The van der Waals surface area contributed by atoms with Crippen molar-refractivity contribution in [2.45, 2.75) is 166 Å². The molecule has 15 heteroatoms. The summed E-state index contributed by atoms with van der Waals surface area (Å²) in [5, 5.41) is 30.9. The molecule has 2 heterocycles. The summed E-state index contributed by atoms with van der Waals surface area (Å²) in [5.74, 6) is -2.27. The summed E-state index contributed by atoms with van der Waals surface area (Å²) in [4.78, 5) is 83.9. The lowest BCUT2D eigenvalue weighted by Crippen LogP contribution is -2.61. The van der Waals surface area contributed by atoms with E-state index in [4.69, 9.17) is 12.7 Å². The average molecular weight is 776 g/mol. The Labute approximate surface area is 328 Å². The number of rotatable bonds is 20. The molecular formula is C40H69N7O8. The van der Waals surface area contributed by atoms with Crippen LogP contribution in [-0.4, -0.2) is 124 Å². The van der Waals surface area contributed by atoms with Crippen LogP contribution in [0.15, 0.2) is 0 Å². The number of nitrogens with two attached hydrogens (primary N) is 1. The van der Waals surface area contributed by atoms with Gasteiger partial charge in [-0.1, -0.05) is 52.9 Å². The van der Waals surface area contributed by atoms with Gasteiger partial charge in [0.05, 0.1) is 18.8 Å². The standard InChI is InChI=1S/C40H69N7O8/c1-25(2)22-30(24-48)43-38(53)35(28(5)49)45-37(52)33-18-13-21-46(33)39(54)27(4)42-36(51)32-17-10-12-20-47(32)40(55)31(16-9-11-19-41)44-34(50)23-26(3)29-14-7-6-8-15-29/h4,25-33,35,48-49H,6-24,41H2,1-3,5H3,(H,42,51)(H,43,53)(H,44,50)(H,45,52)/t26-,27-,28?,30-,31-,32-,33-,35-/m0/s1. The summed E-state index contributed by atoms with van der Waals surface area (Å²) >= 11 is 0. The Kier molecular flexibility index (Phi) is 19.3. The number of hydrogen-bond donors (Lipinski definition) is 7. The van der Waals surface area contributed by atoms with Gasteiger partial charge in [0.25, 0.3) is 0 Å². The lowest BCUT2D eigenvalue weighted by Gasteiger charge is -2.38. The number of hydrogen-bond acceptors (Lipinski definition) is 9. The maximum Gasteiger partial charge on any atom is 0.246 e. The minimum absolute atomic E-state index is 0.181. The smallest absolute Gasteiger partial charge is 0.246 e. The number of aliphatic hydroxyl groups excluding tert-OH is 2. The Morgan fingerprint density at radius 2 is 1.36 bits per heavy atom. The van der Waals surface area contributed by atoms with Gasteiger partial charge < -0.3 is 47.0 Å². The van der Waals surface area contributed by atoms with Crippen LogP contribution in [0, 0.1) is 24.7 Å². The summed E-state index contributed by atoms with van der Waals surface area (Å²) in [6.07, 6.45) is 9.52. The molecule has 3 aliphatic rings. The van der Waals surface area contributed by atoms with E-state index in [0.717, 1.165) is 12.8 Å². The molecule has 0 aromatic heterocycles. The molecule has 1 unspecified atom stereocenters. The van der Waals surface area contributed by atoms with Gasteiger partial charge in [0.1, 0.15) is 30.2 Å². The summed E-state index contributed by atoms with van der Waals surface area (Å²) in [5.41, 5.74) is 5.73. The van der Waals surface area contributed by atoms with Gasteiger partial charge in [-0.3, -0.25) is 28.8 Å². The molecule has 2 saturated heterocycles. The van der Waals surface area contributed by atoms with Crippen molar-refractivity contribution in [2.75, 3.05) is 26.2 Å². The normalized spacial score (nSPS) is 22.6. The van der Waals surface area contributed by atoms with Gasteiger partial charge in [0.2, 0.25) is 35.4 Å². The molecule has 312 valence electrons. The van der Waals surface area contributed by atoms with Crippen molar-refractivity contribution in [1.29, 1.82) is 0 Å². The predicted molar refractivity (Wildman–Crippen MR) is 208 cm³/mol. The van der Waals surface area contributed by atoms with E-state index in [0.29, 0.717) is 76.8 Å². The minimum atomic E-state index is -1.52. The van der Waals surface area contributed by atoms with E-state index in [1.54, 1.807) is 0 Å². The molecule has 0 spiro atoms. The summed E-state index contributed by atoms with van der Waals surface area (Å²) in [6.45, 7) is 14.2. The van der Waals surface area contributed by atoms with Gasteiger partial charge in [0.15, 0.2) is 0 Å². The maximum absolute atomic E-state index is 14.1. The fourth-order valence-corrected chi connectivity index (χ4v) is 8.32. The van der Waals surface area contributed by atoms with Crippen LogP contribution in [0.1, 0.15) is 124 Å². The lowest BCUT2D eigenvalue weighted by atomic mass is 9.79. The Hall–Kier alpha value is -3.30. The number of likely N-dealkylation sites (tertiary alicyclic amines) is 2. The van der Waals surface area contributed by atoms with E-state index in [1.165, 1.54) is 36.0 Å². The van der Waals surface area contributed by atoms with Gasteiger partial charge in [-0.15, -0.1) is 0 Å². The first-order chi connectivity index (χ1) is 26.2. The highest BCUT2D eigenvalue weighted by Gasteiger charge is 2.41. The van der Waals surface area contributed by atoms with Crippen LogP contribution in [0.2, 0.25) is 0 Å². The second-order valence-electron chi connectivity index (χ2n) is 16.4. The zero-order valence-corrected chi connectivity index (χ0v) is 33.6. The Morgan fingerprint density at radius 1 is 0.764 bits per heavy atom. The van der Waals surface area contributed by atoms with Crippen molar-refractivity contribution >= 4 is 35.4 Å². The average Bonchev–Trinajstić information content (AvgIpc) is 3.66. The van der Waals surface area contributed by atoms with Crippen molar-refractivity contribution in [3.63, 3.8) is 0 Å². The third kappa shape index (κ3) is 14.0. The third-order valence-corrected chi connectivity index (χ3v) is 11.4. The van der Waals surface area contributed by atoms with Crippen LogP contribution in [0.3, 0.4) is 0 Å². The SMILES string of the molecule is [CH][C@H](NC(=O)[C@@H]1CCCCN1C(=O)[C@H](CCCCN)NC(=O)C[C@H](C)C1CCCCC1)C(=O)N1CCC[C@H]1C(=O)N[C@H](C(=O)N[C@H](CO)CC(C)C)C(C)O. The Bertz CT molecular complexity index is 1280. The monoisotopic (exact) mass is 776 g/mol. The predicted octanol–water partition coefficient (Wildman–Crippen LogP) is 1.16. The highest BCUT2D eigenvalue weighted by Crippen LogP contribution is 2.31. The van der Waals surface area contributed by atoms with E-state index < -0.39 is 66.0 Å². The minimum Gasteiger partial charge on any atom is -0.394 e. The molecule has 0 bridgehead atoms. The first kappa shape index (κ1) is 46.1. The van der Waals surface area contributed by atoms with E-state index in [9.17, 15) is 39.0 Å². The second kappa shape index (κ2) is 23.1. The maximum atomic E-state index is 14.1. The summed E-state index contributed by atoms with van der Waals surface area (Å²) in [6, 6.07) is -6.14. The molecular weight excluding hydrogens is 706 g/mol. The number of piperidine rings is 1. The van der Waals surface area contributed by atoms with Crippen molar-refractivity contribution in [1.82, 2.24) is 31.1 Å². The van der Waals surface area contributed by atoms with Crippen LogP contribution in [0.25, 0.3) is 0 Å². The van der Waals surface area contributed by atoms with Crippen molar-refractivity contribution < 1.29 is 39.0 Å². The molecule has 2 aliphatic heterocycles. The second-order valence-corrected chi connectivity index (χ2v) is 16.4. The number of unbranched alkanes of at least 4 members (excludes halogenated alkanes) is 1. The van der Waals surface area contributed by atoms with Crippen molar-refractivity contribution in [3.8, 4) is 0 Å². The zero-order valence-electron chi connectivity index (χ0n) is 33.6. The van der Waals surface area contributed by atoms with E-state index in [1.807, 2.05) is 13.8 Å². The number of amides is 6. The van der Waals surface area contributed by atoms with Crippen LogP contribution < -0.4 is 27.0 Å². The molecule has 1 saturated carbocycles. The largest absolute Gasteiger partial charge is 0.394 e. The Balaban J connectivity index is 1.65. The fraction of sp³-hybridized carbons (Fsp3) is 0.825.